The largest absolute Gasteiger partial charge is 0.455 e. The highest BCUT2D eigenvalue weighted by Crippen LogP contribution is 2.57. The van der Waals surface area contributed by atoms with Gasteiger partial charge in [0.25, 0.3) is 0 Å². The molecular weight excluding hydrogens is 216 g/mol. The summed E-state index contributed by atoms with van der Waals surface area (Å²) < 4.78 is 5.59. The summed E-state index contributed by atoms with van der Waals surface area (Å²) in [6.07, 6.45) is 3.43. The lowest BCUT2D eigenvalue weighted by Crippen LogP contribution is -2.40. The van der Waals surface area contributed by atoms with Gasteiger partial charge in [-0.05, 0) is 37.3 Å². The molecule has 3 fully saturated rings. The number of hydrogen-bond donors (Lipinski definition) is 0. The van der Waals surface area contributed by atoms with Crippen molar-refractivity contribution in [2.24, 2.45) is 11.8 Å². The predicted octanol–water partition coefficient (Wildman–Crippen LogP) is 2.21. The maximum absolute atomic E-state index is 11.9. The molecule has 0 heterocycles. The Labute approximate surface area is 99.8 Å². The average molecular weight is 230 g/mol. The van der Waals surface area contributed by atoms with Crippen LogP contribution in [-0.4, -0.2) is 17.9 Å². The summed E-state index contributed by atoms with van der Waals surface area (Å²) in [5.41, 5.74) is 0.239. The zero-order chi connectivity index (χ0) is 11.9. The van der Waals surface area contributed by atoms with Gasteiger partial charge in [-0.15, -0.1) is 0 Å². The third-order valence-electron chi connectivity index (χ3n) is 3.98. The van der Waals surface area contributed by atoms with Gasteiger partial charge in [0.15, 0.2) is 0 Å². The SMILES string of the molecule is O=CC1CC2(OC(=O)c3ccccc3)CC1C2. The van der Waals surface area contributed by atoms with E-state index in [1.54, 1.807) is 12.1 Å². The first-order valence-corrected chi connectivity index (χ1v) is 5.96. The van der Waals surface area contributed by atoms with Crippen LogP contribution in [0.1, 0.15) is 29.6 Å². The fraction of sp³-hybridized carbons (Fsp3) is 0.429. The van der Waals surface area contributed by atoms with E-state index in [0.717, 1.165) is 19.1 Å². The van der Waals surface area contributed by atoms with Gasteiger partial charge in [0.05, 0.1) is 5.56 Å². The Morgan fingerprint density at radius 2 is 1.94 bits per heavy atom. The summed E-state index contributed by atoms with van der Waals surface area (Å²) in [4.78, 5) is 22.7. The fourth-order valence-electron chi connectivity index (χ4n) is 3.08. The van der Waals surface area contributed by atoms with E-state index in [-0.39, 0.29) is 17.5 Å². The number of hydrogen-bond acceptors (Lipinski definition) is 3. The van der Waals surface area contributed by atoms with Gasteiger partial charge in [-0.3, -0.25) is 0 Å². The van der Waals surface area contributed by atoms with Crippen molar-refractivity contribution < 1.29 is 14.3 Å². The van der Waals surface area contributed by atoms with Crippen LogP contribution in [0.25, 0.3) is 0 Å². The maximum atomic E-state index is 11.9. The van der Waals surface area contributed by atoms with E-state index in [2.05, 4.69) is 0 Å². The third kappa shape index (κ3) is 1.66. The summed E-state index contributed by atoms with van der Waals surface area (Å²) in [6.45, 7) is 0. The highest BCUT2D eigenvalue weighted by molar-refractivity contribution is 5.89. The quantitative estimate of drug-likeness (QED) is 0.590. The van der Waals surface area contributed by atoms with Crippen molar-refractivity contribution in [3.05, 3.63) is 35.9 Å². The minimum absolute atomic E-state index is 0.0959. The molecule has 1 aromatic rings. The molecule has 17 heavy (non-hydrogen) atoms. The van der Waals surface area contributed by atoms with Crippen molar-refractivity contribution in [3.63, 3.8) is 0 Å². The number of benzene rings is 1. The second kappa shape index (κ2) is 3.69. The van der Waals surface area contributed by atoms with E-state index < -0.39 is 0 Å². The molecule has 4 rings (SSSR count). The molecule has 3 heteroatoms. The molecule has 0 N–H and O–H groups in total. The van der Waals surface area contributed by atoms with Gasteiger partial charge in [-0.25, -0.2) is 4.79 Å². The molecule has 0 saturated heterocycles. The molecular formula is C14H14O3. The van der Waals surface area contributed by atoms with Crippen molar-refractivity contribution in [1.82, 2.24) is 0 Å². The molecule has 3 aliphatic carbocycles. The molecule has 1 atom stereocenters. The summed E-state index contributed by atoms with van der Waals surface area (Å²) in [5.74, 6) is 0.269. The van der Waals surface area contributed by atoms with Gasteiger partial charge in [-0.2, -0.15) is 0 Å². The van der Waals surface area contributed by atoms with Crippen molar-refractivity contribution >= 4 is 12.3 Å². The second-order valence-electron chi connectivity index (χ2n) is 5.11. The van der Waals surface area contributed by atoms with Crippen LogP contribution in [0.5, 0.6) is 0 Å². The number of aldehydes is 1. The monoisotopic (exact) mass is 230 g/mol. The highest BCUT2D eigenvalue weighted by Gasteiger charge is 2.58. The molecule has 0 amide bonds. The molecule has 0 aromatic heterocycles. The summed E-state index contributed by atoms with van der Waals surface area (Å²) >= 11 is 0. The standard InChI is InChI=1S/C14H14O3/c15-9-12-8-14(6-11(12)7-14)17-13(16)10-4-2-1-3-5-10/h1-5,9,11-12H,6-8H2. The fourth-order valence-corrected chi connectivity index (χ4v) is 3.08. The summed E-state index contributed by atoms with van der Waals surface area (Å²) in [6, 6.07) is 9.01. The Morgan fingerprint density at radius 1 is 1.24 bits per heavy atom. The van der Waals surface area contributed by atoms with E-state index >= 15 is 0 Å². The molecule has 3 saturated carbocycles. The topological polar surface area (TPSA) is 43.4 Å². The highest BCUT2D eigenvalue weighted by atomic mass is 16.6. The number of rotatable bonds is 3. The maximum Gasteiger partial charge on any atom is 0.338 e. The number of carbonyl (C=O) groups is 2. The second-order valence-corrected chi connectivity index (χ2v) is 5.11. The van der Waals surface area contributed by atoms with Crippen LogP contribution < -0.4 is 0 Å². The minimum atomic E-state index is -0.344. The zero-order valence-electron chi connectivity index (χ0n) is 9.46. The Morgan fingerprint density at radius 3 is 2.53 bits per heavy atom. The van der Waals surface area contributed by atoms with Gasteiger partial charge in [-0.1, -0.05) is 18.2 Å². The lowest BCUT2D eigenvalue weighted by Gasteiger charge is -2.37. The van der Waals surface area contributed by atoms with Crippen LogP contribution in [0.4, 0.5) is 0 Å². The van der Waals surface area contributed by atoms with E-state index in [1.165, 1.54) is 0 Å². The molecule has 3 aliphatic rings. The Hall–Kier alpha value is -1.64. The number of ether oxygens (including phenoxy) is 1. The van der Waals surface area contributed by atoms with Crippen molar-refractivity contribution in [2.75, 3.05) is 0 Å². The zero-order valence-corrected chi connectivity index (χ0v) is 9.46. The van der Waals surface area contributed by atoms with Crippen LogP contribution in [0.3, 0.4) is 0 Å². The normalized spacial score (nSPS) is 33.9. The van der Waals surface area contributed by atoms with Crippen LogP contribution in [-0.2, 0) is 9.53 Å². The first-order chi connectivity index (χ1) is 8.22. The van der Waals surface area contributed by atoms with Crippen LogP contribution in [0.2, 0.25) is 0 Å². The van der Waals surface area contributed by atoms with Gasteiger partial charge >= 0.3 is 5.97 Å². The molecule has 2 bridgehead atoms. The molecule has 1 unspecified atom stereocenters. The van der Waals surface area contributed by atoms with E-state index in [4.69, 9.17) is 4.74 Å². The minimum Gasteiger partial charge on any atom is -0.455 e. The van der Waals surface area contributed by atoms with Gasteiger partial charge in [0, 0.05) is 5.92 Å². The van der Waals surface area contributed by atoms with Crippen LogP contribution >= 0.6 is 0 Å². The lowest BCUT2D eigenvalue weighted by molar-refractivity contribution is -0.111. The first kappa shape index (κ1) is 10.5. The van der Waals surface area contributed by atoms with Crippen molar-refractivity contribution in [2.45, 2.75) is 24.9 Å². The van der Waals surface area contributed by atoms with Gasteiger partial charge in [0.1, 0.15) is 11.9 Å². The molecule has 0 aliphatic heterocycles. The van der Waals surface area contributed by atoms with Crippen LogP contribution in [0, 0.1) is 11.8 Å². The smallest absolute Gasteiger partial charge is 0.338 e. The van der Waals surface area contributed by atoms with E-state index in [9.17, 15) is 9.59 Å². The van der Waals surface area contributed by atoms with Gasteiger partial charge < -0.3 is 9.53 Å². The number of esters is 1. The Bertz CT molecular complexity index is 446. The average Bonchev–Trinajstić information content (AvgIpc) is 2.84. The first-order valence-electron chi connectivity index (χ1n) is 5.96. The number of carbonyl (C=O) groups excluding carboxylic acids is 2. The summed E-state index contributed by atoms with van der Waals surface area (Å²) in [7, 11) is 0. The summed E-state index contributed by atoms with van der Waals surface area (Å²) in [5, 5.41) is 0. The molecule has 0 radical (unpaired) electrons. The predicted molar refractivity (Wildman–Crippen MR) is 61.5 cm³/mol. The lowest BCUT2D eigenvalue weighted by atomic mass is 9.79. The Balaban J connectivity index is 1.70. The van der Waals surface area contributed by atoms with Crippen molar-refractivity contribution in [3.8, 4) is 0 Å². The van der Waals surface area contributed by atoms with E-state index in [1.807, 2.05) is 18.2 Å². The third-order valence-corrected chi connectivity index (χ3v) is 3.98. The van der Waals surface area contributed by atoms with E-state index in [0.29, 0.717) is 17.9 Å². The Kier molecular flexibility index (Phi) is 2.28. The van der Waals surface area contributed by atoms with Crippen LogP contribution in [0.15, 0.2) is 30.3 Å². The van der Waals surface area contributed by atoms with Crippen molar-refractivity contribution in [1.29, 1.82) is 0 Å². The molecule has 88 valence electrons. The van der Waals surface area contributed by atoms with Gasteiger partial charge in [0.2, 0.25) is 0 Å². The number of fused-ring (bicyclic) bond motifs is 1. The molecule has 0 spiro atoms. The molecule has 3 nitrogen and oxygen atoms in total. The molecule has 1 aromatic carbocycles.